The number of nitrogen functional groups attached to an aromatic ring is 1. The van der Waals surface area contributed by atoms with E-state index in [1.165, 1.54) is 11.9 Å². The minimum absolute atomic E-state index is 0.537. The fourth-order valence-electron chi connectivity index (χ4n) is 1.77. The molecule has 17 heavy (non-hydrogen) atoms. The summed E-state index contributed by atoms with van der Waals surface area (Å²) >= 11 is 0. The fraction of sp³-hybridized carbons (Fsp3) is 0.231. The number of benzene rings is 1. The van der Waals surface area contributed by atoms with Crippen LogP contribution in [0.15, 0.2) is 36.7 Å². The lowest BCUT2D eigenvalue weighted by Crippen LogP contribution is -2.19. The lowest BCUT2D eigenvalue weighted by molar-refractivity contribution is 0.884. The van der Waals surface area contributed by atoms with Crippen molar-refractivity contribution in [3.8, 4) is 0 Å². The Morgan fingerprint density at radius 3 is 2.59 bits per heavy atom. The van der Waals surface area contributed by atoms with Gasteiger partial charge >= 0.3 is 0 Å². The van der Waals surface area contributed by atoms with Crippen molar-refractivity contribution in [3.63, 3.8) is 0 Å². The Labute approximate surface area is 101 Å². The third-order valence-electron chi connectivity index (χ3n) is 2.72. The van der Waals surface area contributed by atoms with Crippen LogP contribution in [-0.2, 0) is 6.54 Å². The van der Waals surface area contributed by atoms with Crippen molar-refractivity contribution in [2.75, 3.05) is 17.7 Å². The molecule has 0 radical (unpaired) electrons. The smallest absolute Gasteiger partial charge is 0.137 e. The summed E-state index contributed by atoms with van der Waals surface area (Å²) in [7, 11) is 2.00. The third kappa shape index (κ3) is 2.53. The first kappa shape index (κ1) is 11.4. The van der Waals surface area contributed by atoms with Crippen LogP contribution < -0.4 is 10.6 Å². The molecular weight excluding hydrogens is 212 g/mol. The summed E-state index contributed by atoms with van der Waals surface area (Å²) in [5, 5.41) is 0. The normalized spacial score (nSPS) is 10.2. The highest BCUT2D eigenvalue weighted by Crippen LogP contribution is 2.20. The van der Waals surface area contributed by atoms with Crippen LogP contribution in [0.2, 0.25) is 0 Å². The quantitative estimate of drug-likeness (QED) is 0.873. The number of rotatable bonds is 3. The Kier molecular flexibility index (Phi) is 3.23. The Balaban J connectivity index is 2.20. The maximum Gasteiger partial charge on any atom is 0.137 e. The lowest BCUT2D eigenvalue weighted by Gasteiger charge is -2.20. The van der Waals surface area contributed by atoms with E-state index in [-0.39, 0.29) is 0 Å². The van der Waals surface area contributed by atoms with Gasteiger partial charge in [0.15, 0.2) is 0 Å². The van der Waals surface area contributed by atoms with Gasteiger partial charge in [-0.05, 0) is 12.5 Å². The molecule has 0 saturated carbocycles. The Morgan fingerprint density at radius 2 is 1.88 bits per heavy atom. The molecule has 0 spiro atoms. The highest BCUT2D eigenvalue weighted by Gasteiger charge is 2.09. The van der Waals surface area contributed by atoms with E-state index in [1.807, 2.05) is 32.2 Å². The van der Waals surface area contributed by atoms with Crippen LogP contribution in [0.25, 0.3) is 0 Å². The van der Waals surface area contributed by atoms with E-state index in [1.54, 1.807) is 0 Å². The maximum atomic E-state index is 5.77. The standard InChI is InChI=1S/C13H16N4/c1-10-12(14)15-9-16-13(10)17(2)8-11-6-4-3-5-7-11/h3-7,9H,8H2,1-2H3,(H2,14,15,16). The molecule has 0 amide bonds. The van der Waals surface area contributed by atoms with Gasteiger partial charge in [-0.25, -0.2) is 9.97 Å². The summed E-state index contributed by atoms with van der Waals surface area (Å²) in [6.45, 7) is 2.74. The van der Waals surface area contributed by atoms with Gasteiger partial charge in [0.05, 0.1) is 0 Å². The molecule has 1 aromatic heterocycles. The second-order valence-electron chi connectivity index (χ2n) is 4.05. The van der Waals surface area contributed by atoms with Crippen LogP contribution in [0.1, 0.15) is 11.1 Å². The SMILES string of the molecule is Cc1c(N)ncnc1N(C)Cc1ccccc1. The van der Waals surface area contributed by atoms with Crippen LogP contribution in [0.4, 0.5) is 11.6 Å². The number of nitrogens with two attached hydrogens (primary N) is 1. The number of hydrogen-bond donors (Lipinski definition) is 1. The zero-order valence-corrected chi connectivity index (χ0v) is 10.1. The van der Waals surface area contributed by atoms with Crippen molar-refractivity contribution in [2.24, 2.45) is 0 Å². The molecular formula is C13H16N4. The van der Waals surface area contributed by atoms with E-state index in [4.69, 9.17) is 5.73 Å². The van der Waals surface area contributed by atoms with Crippen LogP contribution in [0, 0.1) is 6.92 Å². The Hall–Kier alpha value is -2.10. The molecule has 1 heterocycles. The van der Waals surface area contributed by atoms with Gasteiger partial charge in [-0.3, -0.25) is 0 Å². The monoisotopic (exact) mass is 228 g/mol. The first-order valence-corrected chi connectivity index (χ1v) is 5.50. The second kappa shape index (κ2) is 4.82. The first-order valence-electron chi connectivity index (χ1n) is 5.50. The van der Waals surface area contributed by atoms with Crippen LogP contribution in [0.3, 0.4) is 0 Å². The zero-order valence-electron chi connectivity index (χ0n) is 10.1. The number of nitrogens with zero attached hydrogens (tertiary/aromatic N) is 3. The van der Waals surface area contributed by atoms with E-state index < -0.39 is 0 Å². The summed E-state index contributed by atoms with van der Waals surface area (Å²) < 4.78 is 0. The molecule has 0 aliphatic rings. The van der Waals surface area contributed by atoms with Crippen molar-refractivity contribution in [1.82, 2.24) is 9.97 Å². The Bertz CT molecular complexity index is 496. The van der Waals surface area contributed by atoms with E-state index >= 15 is 0 Å². The molecule has 0 aliphatic heterocycles. The fourth-order valence-corrected chi connectivity index (χ4v) is 1.77. The predicted octanol–water partition coefficient (Wildman–Crippen LogP) is 2.00. The van der Waals surface area contributed by atoms with Crippen LogP contribution in [-0.4, -0.2) is 17.0 Å². The summed E-state index contributed by atoms with van der Waals surface area (Å²) in [5.41, 5.74) is 7.94. The molecule has 2 N–H and O–H groups in total. The molecule has 0 saturated heterocycles. The van der Waals surface area contributed by atoms with Gasteiger partial charge < -0.3 is 10.6 Å². The molecule has 0 unspecified atom stereocenters. The molecule has 4 nitrogen and oxygen atoms in total. The van der Waals surface area contributed by atoms with Crippen molar-refractivity contribution in [1.29, 1.82) is 0 Å². The summed E-state index contributed by atoms with van der Waals surface area (Å²) in [6.07, 6.45) is 1.50. The highest BCUT2D eigenvalue weighted by atomic mass is 15.2. The average molecular weight is 228 g/mol. The molecule has 0 atom stereocenters. The number of hydrogen-bond acceptors (Lipinski definition) is 4. The molecule has 0 bridgehead atoms. The second-order valence-corrected chi connectivity index (χ2v) is 4.05. The molecule has 0 aliphatic carbocycles. The van der Waals surface area contributed by atoms with E-state index in [9.17, 15) is 0 Å². The minimum Gasteiger partial charge on any atom is -0.383 e. The van der Waals surface area contributed by atoms with E-state index in [0.717, 1.165) is 17.9 Å². The predicted molar refractivity (Wildman–Crippen MR) is 69.7 cm³/mol. The lowest BCUT2D eigenvalue weighted by atomic mass is 10.2. The molecule has 4 heteroatoms. The maximum absolute atomic E-state index is 5.77. The van der Waals surface area contributed by atoms with Crippen molar-refractivity contribution < 1.29 is 0 Å². The summed E-state index contributed by atoms with van der Waals surface area (Å²) in [6, 6.07) is 10.3. The van der Waals surface area contributed by atoms with E-state index in [2.05, 4.69) is 27.0 Å². The van der Waals surface area contributed by atoms with Gasteiger partial charge in [0, 0.05) is 19.2 Å². The van der Waals surface area contributed by atoms with Crippen molar-refractivity contribution in [3.05, 3.63) is 47.8 Å². The van der Waals surface area contributed by atoms with Gasteiger partial charge in [0.25, 0.3) is 0 Å². The molecule has 2 aromatic rings. The van der Waals surface area contributed by atoms with Gasteiger partial charge in [0.1, 0.15) is 18.0 Å². The largest absolute Gasteiger partial charge is 0.383 e. The summed E-state index contributed by atoms with van der Waals surface area (Å²) in [5.74, 6) is 1.41. The van der Waals surface area contributed by atoms with Gasteiger partial charge in [-0.15, -0.1) is 0 Å². The first-order chi connectivity index (χ1) is 8.18. The topological polar surface area (TPSA) is 55.0 Å². The molecule has 1 aromatic carbocycles. The van der Waals surface area contributed by atoms with Gasteiger partial charge in [-0.1, -0.05) is 30.3 Å². The molecule has 88 valence electrons. The summed E-state index contributed by atoms with van der Waals surface area (Å²) in [4.78, 5) is 10.3. The van der Waals surface area contributed by atoms with Gasteiger partial charge in [-0.2, -0.15) is 0 Å². The van der Waals surface area contributed by atoms with Crippen LogP contribution in [0.5, 0.6) is 0 Å². The Morgan fingerprint density at radius 1 is 1.18 bits per heavy atom. The minimum atomic E-state index is 0.537. The third-order valence-corrected chi connectivity index (χ3v) is 2.72. The van der Waals surface area contributed by atoms with Crippen molar-refractivity contribution >= 4 is 11.6 Å². The molecule has 2 rings (SSSR count). The average Bonchev–Trinajstić information content (AvgIpc) is 2.34. The zero-order chi connectivity index (χ0) is 12.3. The number of aromatic nitrogens is 2. The van der Waals surface area contributed by atoms with Gasteiger partial charge in [0.2, 0.25) is 0 Å². The highest BCUT2D eigenvalue weighted by molar-refractivity contribution is 5.55. The van der Waals surface area contributed by atoms with Crippen molar-refractivity contribution in [2.45, 2.75) is 13.5 Å². The van der Waals surface area contributed by atoms with E-state index in [0.29, 0.717) is 5.82 Å². The number of anilines is 2. The van der Waals surface area contributed by atoms with Crippen LogP contribution >= 0.6 is 0 Å². The molecule has 0 fully saturated rings.